The number of hydrogen-bond donors (Lipinski definition) is 1. The Morgan fingerprint density at radius 1 is 0.960 bits per heavy atom. The van der Waals surface area contributed by atoms with Crippen molar-refractivity contribution in [1.82, 2.24) is 5.32 Å². The first-order valence-electron chi connectivity index (χ1n) is 7.50. The summed E-state index contributed by atoms with van der Waals surface area (Å²) in [6.07, 6.45) is -0.961. The van der Waals surface area contributed by atoms with Gasteiger partial charge in [0.15, 0.2) is 6.10 Å². The Kier molecular flexibility index (Phi) is 6.71. The standard InChI is InChI=1S/C18H16Cl3NO3/c1-10(15-8-7-14(20)9-16(15)21)22-17(23)11(2)25-18(24)12-3-5-13(19)6-4-12/h3-11H,1-2H3,(H,22,23)/t10-,11-/m0/s1. The van der Waals surface area contributed by atoms with E-state index in [0.29, 0.717) is 20.6 Å². The second-order valence-corrected chi connectivity index (χ2v) is 6.73. The highest BCUT2D eigenvalue weighted by Crippen LogP contribution is 2.26. The third kappa shape index (κ3) is 5.36. The van der Waals surface area contributed by atoms with Gasteiger partial charge in [-0.05, 0) is 55.8 Å². The van der Waals surface area contributed by atoms with Crippen molar-refractivity contribution in [2.75, 3.05) is 0 Å². The number of halogens is 3. The maximum absolute atomic E-state index is 12.2. The molecule has 0 radical (unpaired) electrons. The minimum atomic E-state index is -0.961. The van der Waals surface area contributed by atoms with Gasteiger partial charge < -0.3 is 10.1 Å². The van der Waals surface area contributed by atoms with Crippen LogP contribution in [0, 0.1) is 0 Å². The zero-order valence-electron chi connectivity index (χ0n) is 13.6. The Hall–Kier alpha value is -1.75. The molecule has 0 unspecified atom stereocenters. The van der Waals surface area contributed by atoms with Crippen molar-refractivity contribution < 1.29 is 14.3 Å². The summed E-state index contributed by atoms with van der Waals surface area (Å²) in [7, 11) is 0. The maximum atomic E-state index is 12.2. The zero-order valence-corrected chi connectivity index (χ0v) is 15.8. The Bertz CT molecular complexity index is 778. The van der Waals surface area contributed by atoms with E-state index in [1.807, 2.05) is 0 Å². The number of ether oxygens (including phenoxy) is 1. The summed E-state index contributed by atoms with van der Waals surface area (Å²) in [5, 5.41) is 4.23. The third-order valence-electron chi connectivity index (χ3n) is 3.52. The van der Waals surface area contributed by atoms with Crippen LogP contribution < -0.4 is 5.32 Å². The highest BCUT2D eigenvalue weighted by molar-refractivity contribution is 6.35. The first kappa shape index (κ1) is 19.6. The van der Waals surface area contributed by atoms with Crippen molar-refractivity contribution in [3.05, 3.63) is 68.7 Å². The monoisotopic (exact) mass is 399 g/mol. The number of carbonyl (C=O) groups excluding carboxylic acids is 2. The molecular weight excluding hydrogens is 385 g/mol. The lowest BCUT2D eigenvalue weighted by Gasteiger charge is -2.19. The van der Waals surface area contributed by atoms with E-state index in [9.17, 15) is 9.59 Å². The van der Waals surface area contributed by atoms with Gasteiger partial charge in [-0.25, -0.2) is 4.79 Å². The van der Waals surface area contributed by atoms with Gasteiger partial charge in [-0.1, -0.05) is 40.9 Å². The Balaban J connectivity index is 1.97. The molecule has 1 amide bonds. The van der Waals surface area contributed by atoms with Gasteiger partial charge >= 0.3 is 5.97 Å². The summed E-state index contributed by atoms with van der Waals surface area (Å²) in [6.45, 7) is 3.28. The predicted molar refractivity (Wildman–Crippen MR) is 99.3 cm³/mol. The lowest BCUT2D eigenvalue weighted by Crippen LogP contribution is -2.37. The van der Waals surface area contributed by atoms with E-state index in [-0.39, 0.29) is 6.04 Å². The fourth-order valence-electron chi connectivity index (χ4n) is 2.13. The second kappa shape index (κ2) is 8.56. The molecule has 2 aromatic carbocycles. The van der Waals surface area contributed by atoms with Gasteiger partial charge in [0.1, 0.15) is 0 Å². The summed E-state index contributed by atoms with van der Waals surface area (Å²) >= 11 is 17.8. The molecule has 0 bridgehead atoms. The highest BCUT2D eigenvalue weighted by Gasteiger charge is 2.21. The van der Waals surface area contributed by atoms with Gasteiger partial charge in [-0.2, -0.15) is 0 Å². The molecule has 0 heterocycles. The van der Waals surface area contributed by atoms with E-state index in [1.54, 1.807) is 37.3 Å². The Morgan fingerprint density at radius 2 is 1.56 bits per heavy atom. The van der Waals surface area contributed by atoms with Crippen LogP contribution >= 0.6 is 34.8 Å². The van der Waals surface area contributed by atoms with Gasteiger partial charge in [0, 0.05) is 15.1 Å². The average Bonchev–Trinajstić information content (AvgIpc) is 2.55. The van der Waals surface area contributed by atoms with Crippen molar-refractivity contribution in [3.8, 4) is 0 Å². The summed E-state index contributed by atoms with van der Waals surface area (Å²) in [6, 6.07) is 10.9. The van der Waals surface area contributed by atoms with Crippen molar-refractivity contribution in [1.29, 1.82) is 0 Å². The molecular formula is C18H16Cl3NO3. The van der Waals surface area contributed by atoms with E-state index >= 15 is 0 Å². The number of esters is 1. The molecule has 25 heavy (non-hydrogen) atoms. The highest BCUT2D eigenvalue weighted by atomic mass is 35.5. The normalized spacial score (nSPS) is 13.0. The van der Waals surface area contributed by atoms with Gasteiger partial charge in [0.2, 0.25) is 0 Å². The Labute approximate surface area is 161 Å². The van der Waals surface area contributed by atoms with Crippen LogP contribution in [0.25, 0.3) is 0 Å². The molecule has 0 aliphatic heterocycles. The van der Waals surface area contributed by atoms with Crippen LogP contribution in [-0.2, 0) is 9.53 Å². The quantitative estimate of drug-likeness (QED) is 0.713. The number of amides is 1. The molecule has 2 atom stereocenters. The van der Waals surface area contributed by atoms with Crippen LogP contribution in [0.15, 0.2) is 42.5 Å². The van der Waals surface area contributed by atoms with Gasteiger partial charge in [0.05, 0.1) is 11.6 Å². The van der Waals surface area contributed by atoms with Crippen LogP contribution in [0.2, 0.25) is 15.1 Å². The number of nitrogens with one attached hydrogen (secondary N) is 1. The van der Waals surface area contributed by atoms with E-state index < -0.39 is 18.0 Å². The summed E-state index contributed by atoms with van der Waals surface area (Å²) in [5.41, 5.74) is 1.04. The smallest absolute Gasteiger partial charge is 0.338 e. The molecule has 0 spiro atoms. The van der Waals surface area contributed by atoms with Crippen molar-refractivity contribution in [2.24, 2.45) is 0 Å². The average molecular weight is 401 g/mol. The minimum Gasteiger partial charge on any atom is -0.449 e. The predicted octanol–water partition coefficient (Wildman–Crippen LogP) is 5.07. The lowest BCUT2D eigenvalue weighted by atomic mass is 10.1. The zero-order chi connectivity index (χ0) is 18.6. The number of carbonyl (C=O) groups is 2. The lowest BCUT2D eigenvalue weighted by molar-refractivity contribution is -0.129. The largest absolute Gasteiger partial charge is 0.449 e. The SMILES string of the molecule is C[C@H](OC(=O)c1ccc(Cl)cc1)C(=O)N[C@@H](C)c1ccc(Cl)cc1Cl. The van der Waals surface area contributed by atoms with E-state index in [0.717, 1.165) is 5.56 Å². The molecule has 0 saturated carbocycles. The molecule has 132 valence electrons. The molecule has 0 saturated heterocycles. The van der Waals surface area contributed by atoms with Crippen LogP contribution in [0.5, 0.6) is 0 Å². The summed E-state index contributed by atoms with van der Waals surface area (Å²) in [5.74, 6) is -1.03. The van der Waals surface area contributed by atoms with Crippen molar-refractivity contribution >= 4 is 46.7 Å². The number of rotatable bonds is 5. The molecule has 2 aromatic rings. The first-order valence-corrected chi connectivity index (χ1v) is 8.63. The fraction of sp³-hybridized carbons (Fsp3) is 0.222. The molecule has 2 rings (SSSR count). The molecule has 0 aromatic heterocycles. The number of benzene rings is 2. The van der Waals surface area contributed by atoms with Crippen molar-refractivity contribution in [2.45, 2.75) is 26.0 Å². The van der Waals surface area contributed by atoms with Crippen LogP contribution in [0.4, 0.5) is 0 Å². The first-order chi connectivity index (χ1) is 11.8. The molecule has 0 aliphatic rings. The van der Waals surface area contributed by atoms with E-state index in [2.05, 4.69) is 5.32 Å². The summed E-state index contributed by atoms with van der Waals surface area (Å²) in [4.78, 5) is 24.3. The van der Waals surface area contributed by atoms with Crippen LogP contribution in [-0.4, -0.2) is 18.0 Å². The van der Waals surface area contributed by atoms with Crippen LogP contribution in [0.1, 0.15) is 35.8 Å². The third-order valence-corrected chi connectivity index (χ3v) is 4.34. The second-order valence-electron chi connectivity index (χ2n) is 5.45. The van der Waals surface area contributed by atoms with Crippen molar-refractivity contribution in [3.63, 3.8) is 0 Å². The molecule has 0 fully saturated rings. The topological polar surface area (TPSA) is 55.4 Å². The van der Waals surface area contributed by atoms with E-state index in [4.69, 9.17) is 39.5 Å². The minimum absolute atomic E-state index is 0.317. The molecule has 0 aliphatic carbocycles. The molecule has 7 heteroatoms. The van der Waals surface area contributed by atoms with Gasteiger partial charge in [-0.3, -0.25) is 4.79 Å². The van der Waals surface area contributed by atoms with E-state index in [1.165, 1.54) is 19.1 Å². The van der Waals surface area contributed by atoms with Gasteiger partial charge in [-0.15, -0.1) is 0 Å². The maximum Gasteiger partial charge on any atom is 0.338 e. The molecule has 1 N–H and O–H groups in total. The van der Waals surface area contributed by atoms with Crippen LogP contribution in [0.3, 0.4) is 0 Å². The van der Waals surface area contributed by atoms with Gasteiger partial charge in [0.25, 0.3) is 5.91 Å². The summed E-state index contributed by atoms with van der Waals surface area (Å²) < 4.78 is 5.18. The fourth-order valence-corrected chi connectivity index (χ4v) is 2.83. The Morgan fingerprint density at radius 3 is 2.16 bits per heavy atom. The number of hydrogen-bond acceptors (Lipinski definition) is 3. The molecule has 4 nitrogen and oxygen atoms in total.